The zero-order chi connectivity index (χ0) is 20.5. The third-order valence-corrected chi connectivity index (χ3v) is 5.62. The monoisotopic (exact) mass is 412 g/mol. The Hall–Kier alpha value is -2.84. The second-order valence-corrected chi connectivity index (χ2v) is 7.73. The molecule has 2 fully saturated rings. The highest BCUT2D eigenvalue weighted by Gasteiger charge is 2.20. The summed E-state index contributed by atoms with van der Waals surface area (Å²) in [5, 5.41) is 14.0. The van der Waals surface area contributed by atoms with E-state index in [1.54, 1.807) is 36.4 Å². The first kappa shape index (κ1) is 19.1. The molecular weight excluding hydrogens is 388 g/mol. The molecule has 3 aromatic rings. The number of fused-ring (bicyclic) bond motifs is 3. The predicted octanol–water partition coefficient (Wildman–Crippen LogP) is 3.87. The molecule has 2 atom stereocenters. The van der Waals surface area contributed by atoms with Gasteiger partial charge >= 0.3 is 5.52 Å². The van der Waals surface area contributed by atoms with Crippen LogP contribution in [-0.2, 0) is 9.47 Å². The molecule has 2 aliphatic heterocycles. The second-order valence-electron chi connectivity index (χ2n) is 7.73. The molecule has 30 heavy (non-hydrogen) atoms. The number of hydrogen-bond acceptors (Lipinski definition) is 6. The fourth-order valence-electron chi connectivity index (χ4n) is 4.05. The van der Waals surface area contributed by atoms with Crippen LogP contribution in [0.25, 0.3) is 21.8 Å². The zero-order valence-corrected chi connectivity index (χ0v) is 16.6. The summed E-state index contributed by atoms with van der Waals surface area (Å²) in [6, 6.07) is 10.4. The fourth-order valence-corrected chi connectivity index (χ4v) is 4.05. The van der Waals surface area contributed by atoms with Crippen LogP contribution in [0.1, 0.15) is 38.5 Å². The molecule has 3 heterocycles. The Labute approximate surface area is 173 Å². The van der Waals surface area contributed by atoms with Gasteiger partial charge in [0.1, 0.15) is 17.0 Å². The van der Waals surface area contributed by atoms with E-state index in [0.29, 0.717) is 44.9 Å². The molecule has 5 rings (SSSR count). The van der Waals surface area contributed by atoms with Crippen molar-refractivity contribution >= 4 is 21.8 Å². The van der Waals surface area contributed by atoms with Gasteiger partial charge in [0.15, 0.2) is 17.1 Å². The van der Waals surface area contributed by atoms with E-state index in [0.717, 1.165) is 38.5 Å². The Balaban J connectivity index is 1.50. The molecule has 0 aliphatic carbocycles. The van der Waals surface area contributed by atoms with Gasteiger partial charge in [-0.15, -0.1) is 4.85 Å². The largest absolute Gasteiger partial charge is 0.755 e. The maximum absolute atomic E-state index is 12.7. The first-order valence-electron chi connectivity index (χ1n) is 10.5. The number of ether oxygens (including phenoxy) is 4. The van der Waals surface area contributed by atoms with Gasteiger partial charge in [0.05, 0.1) is 29.6 Å². The number of benzene rings is 2. The van der Waals surface area contributed by atoms with Gasteiger partial charge in [0, 0.05) is 24.3 Å². The minimum atomic E-state index is -0.321. The lowest BCUT2D eigenvalue weighted by Crippen LogP contribution is -2.29. The van der Waals surface area contributed by atoms with Gasteiger partial charge < -0.3 is 24.2 Å². The molecule has 2 aromatic carbocycles. The molecule has 0 amide bonds. The summed E-state index contributed by atoms with van der Waals surface area (Å²) in [6.07, 6.45) is 5.11. The molecule has 0 radical (unpaired) electrons. The lowest BCUT2D eigenvalue weighted by atomic mass is 10.1. The van der Waals surface area contributed by atoms with Crippen LogP contribution in [0.5, 0.6) is 11.5 Å². The quantitative estimate of drug-likeness (QED) is 0.478. The molecule has 0 spiro atoms. The summed E-state index contributed by atoms with van der Waals surface area (Å²) in [5.74, 6) is 1.01. The highest BCUT2D eigenvalue weighted by molar-refractivity contribution is 6.03. The minimum Gasteiger partial charge on any atom is -0.755 e. The van der Waals surface area contributed by atoms with Crippen LogP contribution in [0.3, 0.4) is 0 Å². The van der Waals surface area contributed by atoms with E-state index in [-0.39, 0.29) is 23.6 Å². The van der Waals surface area contributed by atoms with Crippen molar-refractivity contribution in [3.63, 3.8) is 0 Å². The molecule has 8 heteroatoms. The SMILES string of the molecule is O=[n+]1c2cc(OC3CCCCO3)ccc2c2ccc(OC3CCCCO3)cc2n1[O-]. The summed E-state index contributed by atoms with van der Waals surface area (Å²) >= 11 is 0. The van der Waals surface area contributed by atoms with Gasteiger partial charge in [-0.3, -0.25) is 0 Å². The minimum absolute atomic E-state index is 0.245. The Morgan fingerprint density at radius 3 is 2.07 bits per heavy atom. The number of hydrogen-bond donors (Lipinski definition) is 0. The fraction of sp³-hybridized carbons (Fsp3) is 0.455. The Morgan fingerprint density at radius 1 is 0.867 bits per heavy atom. The Morgan fingerprint density at radius 2 is 1.47 bits per heavy atom. The first-order chi connectivity index (χ1) is 14.7. The van der Waals surface area contributed by atoms with Crippen LogP contribution in [0.2, 0.25) is 0 Å². The summed E-state index contributed by atoms with van der Waals surface area (Å²) in [6.45, 7) is 1.34. The van der Waals surface area contributed by atoms with Crippen molar-refractivity contribution in [3.05, 3.63) is 46.5 Å². The topological polar surface area (TPSA) is 87.9 Å². The van der Waals surface area contributed by atoms with Crippen LogP contribution in [0, 0.1) is 10.1 Å². The van der Waals surface area contributed by atoms with Gasteiger partial charge in [-0.2, -0.15) is 0 Å². The van der Waals surface area contributed by atoms with Gasteiger partial charge in [-0.05, 0) is 49.9 Å². The lowest BCUT2D eigenvalue weighted by Gasteiger charge is -2.23. The van der Waals surface area contributed by atoms with Gasteiger partial charge in [0.25, 0.3) is 0 Å². The van der Waals surface area contributed by atoms with Crippen LogP contribution >= 0.6 is 0 Å². The van der Waals surface area contributed by atoms with Gasteiger partial charge in [-0.25, -0.2) is 0 Å². The van der Waals surface area contributed by atoms with Crippen molar-refractivity contribution in [1.29, 1.82) is 0 Å². The molecule has 2 saturated heterocycles. The van der Waals surface area contributed by atoms with E-state index in [2.05, 4.69) is 0 Å². The van der Waals surface area contributed by atoms with E-state index < -0.39 is 0 Å². The maximum Gasteiger partial charge on any atom is 0.303 e. The third kappa shape index (κ3) is 3.68. The van der Waals surface area contributed by atoms with E-state index in [1.807, 2.05) is 0 Å². The van der Waals surface area contributed by atoms with E-state index in [1.165, 1.54) is 0 Å². The lowest BCUT2D eigenvalue weighted by molar-refractivity contribution is -0.556. The molecular formula is C22H24N2O6. The molecule has 0 saturated carbocycles. The van der Waals surface area contributed by atoms with E-state index >= 15 is 0 Å². The number of aromatic nitrogens is 2. The molecule has 0 N–H and O–H groups in total. The van der Waals surface area contributed by atoms with Crippen LogP contribution in [0.4, 0.5) is 0 Å². The average molecular weight is 412 g/mol. The molecule has 2 aliphatic rings. The van der Waals surface area contributed by atoms with Crippen molar-refractivity contribution in [2.24, 2.45) is 0 Å². The smallest absolute Gasteiger partial charge is 0.303 e. The number of nitrogens with zero attached hydrogens (tertiary/aromatic N) is 2. The van der Waals surface area contributed by atoms with Crippen LogP contribution in [-0.4, -0.2) is 30.6 Å². The van der Waals surface area contributed by atoms with Crippen LogP contribution in [0.15, 0.2) is 36.4 Å². The van der Waals surface area contributed by atoms with Crippen molar-refractivity contribution in [2.75, 3.05) is 13.2 Å². The van der Waals surface area contributed by atoms with Crippen molar-refractivity contribution in [3.8, 4) is 11.5 Å². The molecule has 158 valence electrons. The molecule has 1 aromatic heterocycles. The summed E-state index contributed by atoms with van der Waals surface area (Å²) in [7, 11) is 0. The third-order valence-electron chi connectivity index (χ3n) is 5.62. The van der Waals surface area contributed by atoms with Crippen molar-refractivity contribution in [1.82, 2.24) is 4.85 Å². The average Bonchev–Trinajstić information content (AvgIpc) is 2.79. The van der Waals surface area contributed by atoms with Crippen LogP contribution < -0.4 is 14.0 Å². The standard InChI is InChI=1S/C22H24N2O6/c25-23-19-13-15(29-21-5-1-3-11-27-21)7-9-17(19)18-10-8-16(14-20(18)24(23)26)30-22-6-2-4-12-28-22/h7-10,13-14,21-22H,1-6,11-12H2. The summed E-state index contributed by atoms with van der Waals surface area (Å²) in [5.41, 5.74) is 0.491. The van der Waals surface area contributed by atoms with Gasteiger partial charge in [0.2, 0.25) is 0 Å². The zero-order valence-electron chi connectivity index (χ0n) is 16.6. The second kappa shape index (κ2) is 8.12. The molecule has 8 nitrogen and oxygen atoms in total. The first-order valence-corrected chi connectivity index (χ1v) is 10.5. The van der Waals surface area contributed by atoms with E-state index in [4.69, 9.17) is 18.9 Å². The summed E-state index contributed by atoms with van der Waals surface area (Å²) < 4.78 is 23.2. The van der Waals surface area contributed by atoms with E-state index in [9.17, 15) is 10.1 Å². The number of rotatable bonds is 4. The Bertz CT molecular complexity index is 1120. The molecule has 0 bridgehead atoms. The highest BCUT2D eigenvalue weighted by Crippen LogP contribution is 2.30. The molecule has 2 unspecified atom stereocenters. The van der Waals surface area contributed by atoms with Gasteiger partial charge in [-0.1, -0.05) is 0 Å². The Kier molecular flexibility index (Phi) is 5.18. The highest BCUT2D eigenvalue weighted by atomic mass is 16.7. The maximum atomic E-state index is 12.7. The predicted molar refractivity (Wildman–Crippen MR) is 110 cm³/mol. The van der Waals surface area contributed by atoms with Crippen molar-refractivity contribution in [2.45, 2.75) is 51.1 Å². The summed E-state index contributed by atoms with van der Waals surface area (Å²) in [4.78, 5) is 13.0. The van der Waals surface area contributed by atoms with Crippen molar-refractivity contribution < 1.29 is 23.5 Å². The normalized spacial score (nSPS) is 22.3.